The van der Waals surface area contributed by atoms with E-state index in [9.17, 15) is 14.0 Å². The number of esters is 1. The van der Waals surface area contributed by atoms with Gasteiger partial charge in [-0.15, -0.1) is 0 Å². The summed E-state index contributed by atoms with van der Waals surface area (Å²) in [6.07, 6.45) is 5.06. The summed E-state index contributed by atoms with van der Waals surface area (Å²) in [5.74, 6) is -0.798. The van der Waals surface area contributed by atoms with Gasteiger partial charge in [0.15, 0.2) is 0 Å². The minimum Gasteiger partial charge on any atom is -0.469 e. The molecule has 138 valence electrons. The van der Waals surface area contributed by atoms with Crippen molar-refractivity contribution in [2.75, 3.05) is 20.2 Å². The van der Waals surface area contributed by atoms with E-state index in [0.29, 0.717) is 18.7 Å². The molecule has 0 saturated heterocycles. The SMILES string of the molecule is COC(=O)C(C)CN(CCc1ccc(F)cc1)C(=O)/C=C/c1ccco1. The molecule has 0 N–H and O–H groups in total. The minimum atomic E-state index is -0.450. The van der Waals surface area contributed by atoms with Crippen molar-refractivity contribution >= 4 is 18.0 Å². The van der Waals surface area contributed by atoms with Crippen molar-refractivity contribution in [3.05, 3.63) is 65.9 Å². The Hall–Kier alpha value is -2.89. The maximum absolute atomic E-state index is 13.0. The molecule has 0 radical (unpaired) electrons. The summed E-state index contributed by atoms with van der Waals surface area (Å²) < 4.78 is 22.9. The van der Waals surface area contributed by atoms with Gasteiger partial charge in [0.25, 0.3) is 0 Å². The smallest absolute Gasteiger partial charge is 0.310 e. The predicted octanol–water partition coefficient (Wildman–Crippen LogP) is 3.31. The van der Waals surface area contributed by atoms with Gasteiger partial charge in [-0.25, -0.2) is 4.39 Å². The Labute approximate surface area is 152 Å². The second-order valence-corrected chi connectivity index (χ2v) is 5.93. The Morgan fingerprint density at radius 3 is 2.62 bits per heavy atom. The van der Waals surface area contributed by atoms with Gasteiger partial charge in [0.05, 0.1) is 19.3 Å². The lowest BCUT2D eigenvalue weighted by atomic mass is 10.1. The molecule has 6 heteroatoms. The topological polar surface area (TPSA) is 59.8 Å². The average Bonchev–Trinajstić information content (AvgIpc) is 3.17. The van der Waals surface area contributed by atoms with Crippen molar-refractivity contribution in [2.45, 2.75) is 13.3 Å². The molecule has 0 saturated carbocycles. The van der Waals surface area contributed by atoms with Gasteiger partial charge in [0.1, 0.15) is 11.6 Å². The Kier molecular flexibility index (Phi) is 7.14. The van der Waals surface area contributed by atoms with Gasteiger partial charge in [-0.3, -0.25) is 9.59 Å². The van der Waals surface area contributed by atoms with Crippen LogP contribution in [-0.2, 0) is 20.7 Å². The number of hydrogen-bond acceptors (Lipinski definition) is 4. The van der Waals surface area contributed by atoms with E-state index in [1.165, 1.54) is 31.6 Å². The quantitative estimate of drug-likeness (QED) is 0.536. The molecule has 0 aliphatic carbocycles. The molecular weight excluding hydrogens is 337 g/mol. The summed E-state index contributed by atoms with van der Waals surface area (Å²) in [4.78, 5) is 25.8. The van der Waals surface area contributed by atoms with E-state index in [2.05, 4.69) is 0 Å². The molecule has 1 unspecified atom stereocenters. The number of rotatable bonds is 8. The normalized spacial score (nSPS) is 12.1. The Balaban J connectivity index is 2.05. The van der Waals surface area contributed by atoms with Crippen LogP contribution >= 0.6 is 0 Å². The molecule has 26 heavy (non-hydrogen) atoms. The highest BCUT2D eigenvalue weighted by atomic mass is 19.1. The third-order valence-electron chi connectivity index (χ3n) is 3.93. The van der Waals surface area contributed by atoms with Crippen LogP contribution in [0.2, 0.25) is 0 Å². The molecule has 1 amide bonds. The molecule has 1 aromatic carbocycles. The van der Waals surface area contributed by atoms with Crippen LogP contribution in [0.25, 0.3) is 6.08 Å². The summed E-state index contributed by atoms with van der Waals surface area (Å²) >= 11 is 0. The number of halogens is 1. The Bertz CT molecular complexity index is 738. The van der Waals surface area contributed by atoms with E-state index in [4.69, 9.17) is 9.15 Å². The van der Waals surface area contributed by atoms with E-state index in [1.54, 1.807) is 42.2 Å². The summed E-state index contributed by atoms with van der Waals surface area (Å²) in [6.45, 7) is 2.34. The number of methoxy groups -OCH3 is 1. The molecule has 0 spiro atoms. The molecule has 0 bridgehead atoms. The predicted molar refractivity (Wildman–Crippen MR) is 95.6 cm³/mol. The van der Waals surface area contributed by atoms with E-state index < -0.39 is 5.92 Å². The van der Waals surface area contributed by atoms with E-state index in [-0.39, 0.29) is 24.2 Å². The van der Waals surface area contributed by atoms with Gasteiger partial charge in [0.2, 0.25) is 5.91 Å². The highest BCUT2D eigenvalue weighted by Crippen LogP contribution is 2.09. The molecule has 2 rings (SSSR count). The van der Waals surface area contributed by atoms with Crippen LogP contribution in [0.15, 0.2) is 53.2 Å². The summed E-state index contributed by atoms with van der Waals surface area (Å²) in [5.41, 5.74) is 0.907. The first-order chi connectivity index (χ1) is 12.5. The van der Waals surface area contributed by atoms with Crippen LogP contribution in [0, 0.1) is 11.7 Å². The first-order valence-electron chi connectivity index (χ1n) is 8.32. The number of carbonyl (C=O) groups is 2. The molecule has 2 aromatic rings. The number of carbonyl (C=O) groups excluding carboxylic acids is 2. The fourth-order valence-corrected chi connectivity index (χ4v) is 2.46. The van der Waals surface area contributed by atoms with E-state index in [0.717, 1.165) is 5.56 Å². The molecule has 0 aliphatic heterocycles. The van der Waals surface area contributed by atoms with E-state index >= 15 is 0 Å². The molecule has 0 aliphatic rings. The second kappa shape index (κ2) is 9.56. The Morgan fingerprint density at radius 2 is 2.00 bits per heavy atom. The number of ether oxygens (including phenoxy) is 1. The lowest BCUT2D eigenvalue weighted by Crippen LogP contribution is -2.37. The molecule has 1 atom stereocenters. The lowest BCUT2D eigenvalue weighted by molar-refractivity contribution is -0.146. The largest absolute Gasteiger partial charge is 0.469 e. The maximum atomic E-state index is 13.0. The third kappa shape index (κ3) is 5.88. The summed E-state index contributed by atoms with van der Waals surface area (Å²) in [7, 11) is 1.32. The van der Waals surface area contributed by atoms with Crippen LogP contribution in [0.3, 0.4) is 0 Å². The monoisotopic (exact) mass is 359 g/mol. The van der Waals surface area contributed by atoms with Gasteiger partial charge in [-0.2, -0.15) is 0 Å². The van der Waals surface area contributed by atoms with Gasteiger partial charge in [0, 0.05) is 19.2 Å². The first-order valence-corrected chi connectivity index (χ1v) is 8.32. The number of nitrogens with zero attached hydrogens (tertiary/aromatic N) is 1. The highest BCUT2D eigenvalue weighted by molar-refractivity contribution is 5.91. The summed E-state index contributed by atoms with van der Waals surface area (Å²) in [6, 6.07) is 9.60. The maximum Gasteiger partial charge on any atom is 0.310 e. The van der Waals surface area contributed by atoms with Crippen molar-refractivity contribution in [2.24, 2.45) is 5.92 Å². The van der Waals surface area contributed by atoms with Gasteiger partial charge < -0.3 is 14.1 Å². The van der Waals surface area contributed by atoms with Crippen molar-refractivity contribution in [1.82, 2.24) is 4.90 Å². The van der Waals surface area contributed by atoms with Crippen molar-refractivity contribution < 1.29 is 23.1 Å². The van der Waals surface area contributed by atoms with Crippen LogP contribution in [0.1, 0.15) is 18.2 Å². The van der Waals surface area contributed by atoms with E-state index in [1.807, 2.05) is 0 Å². The number of benzene rings is 1. The van der Waals surface area contributed by atoms with Crippen LogP contribution in [-0.4, -0.2) is 37.0 Å². The number of hydrogen-bond donors (Lipinski definition) is 0. The zero-order chi connectivity index (χ0) is 18.9. The molecule has 0 fully saturated rings. The van der Waals surface area contributed by atoms with Crippen LogP contribution in [0.5, 0.6) is 0 Å². The zero-order valence-corrected chi connectivity index (χ0v) is 14.9. The third-order valence-corrected chi connectivity index (χ3v) is 3.93. The molecule has 1 heterocycles. The van der Waals surface area contributed by atoms with Crippen LogP contribution < -0.4 is 0 Å². The van der Waals surface area contributed by atoms with Crippen molar-refractivity contribution in [3.63, 3.8) is 0 Å². The molecule has 5 nitrogen and oxygen atoms in total. The first kappa shape index (κ1) is 19.4. The Morgan fingerprint density at radius 1 is 1.27 bits per heavy atom. The minimum absolute atomic E-state index is 0.231. The van der Waals surface area contributed by atoms with Gasteiger partial charge >= 0.3 is 5.97 Å². The fraction of sp³-hybridized carbons (Fsp3) is 0.300. The number of furan rings is 1. The van der Waals surface area contributed by atoms with Crippen molar-refractivity contribution in [1.29, 1.82) is 0 Å². The fourth-order valence-electron chi connectivity index (χ4n) is 2.46. The van der Waals surface area contributed by atoms with Crippen LogP contribution in [0.4, 0.5) is 4.39 Å². The molecule has 1 aromatic heterocycles. The second-order valence-electron chi connectivity index (χ2n) is 5.93. The van der Waals surface area contributed by atoms with Gasteiger partial charge in [-0.1, -0.05) is 19.1 Å². The van der Waals surface area contributed by atoms with Gasteiger partial charge in [-0.05, 0) is 42.3 Å². The standard InChI is InChI=1S/C20H22FNO4/c1-15(20(24)25-2)14-22(12-11-16-5-7-17(21)8-6-16)19(23)10-9-18-4-3-13-26-18/h3-10,13,15H,11-12,14H2,1-2H3/b10-9+. The molecular formula is C20H22FNO4. The number of amides is 1. The summed E-state index contributed by atoms with van der Waals surface area (Å²) in [5, 5.41) is 0. The lowest BCUT2D eigenvalue weighted by Gasteiger charge is -2.24. The zero-order valence-electron chi connectivity index (χ0n) is 14.9. The average molecular weight is 359 g/mol. The van der Waals surface area contributed by atoms with Crippen molar-refractivity contribution in [3.8, 4) is 0 Å². The highest BCUT2D eigenvalue weighted by Gasteiger charge is 2.20.